The van der Waals surface area contributed by atoms with Crippen LogP contribution in [0.3, 0.4) is 0 Å². The van der Waals surface area contributed by atoms with Gasteiger partial charge in [0, 0.05) is 31.4 Å². The fourth-order valence-electron chi connectivity index (χ4n) is 3.21. The Bertz CT molecular complexity index is 980. The van der Waals surface area contributed by atoms with Crippen molar-refractivity contribution >= 4 is 29.1 Å². The summed E-state index contributed by atoms with van der Waals surface area (Å²) < 4.78 is 3.60. The number of nitrogens with one attached hydrogen (secondary N) is 1. The van der Waals surface area contributed by atoms with Crippen LogP contribution >= 0.6 is 0 Å². The number of carbonyl (C=O) groups is 1. The SMILES string of the molecule is CC(C)n1cnc(Nc2nc(N3C[C@@H](O)C[C@H]3C(=O)O)nn3cccc23)c1. The first kappa shape index (κ1) is 17.3. The van der Waals surface area contributed by atoms with E-state index in [0.717, 1.165) is 5.52 Å². The average Bonchev–Trinajstić information content (AvgIpc) is 3.33. The molecule has 4 rings (SSSR count). The molecule has 10 heteroatoms. The summed E-state index contributed by atoms with van der Waals surface area (Å²) in [5, 5.41) is 27.0. The standard InChI is InChI=1S/C17H21N7O3/c1-10(2)22-8-14(18-9-22)19-15-12-4-3-5-24(12)21-17(20-15)23-7-11(25)6-13(23)16(26)27/h3-5,8-11,13,25H,6-7H2,1-2H3,(H,26,27)(H,19,20,21)/t11-,13-/m0/s1. The molecule has 2 atom stereocenters. The van der Waals surface area contributed by atoms with E-state index in [2.05, 4.69) is 34.2 Å². The van der Waals surface area contributed by atoms with Crippen LogP contribution in [-0.2, 0) is 4.79 Å². The maximum atomic E-state index is 11.5. The molecular formula is C17H21N7O3. The third-order valence-electron chi connectivity index (χ3n) is 4.65. The van der Waals surface area contributed by atoms with Crippen LogP contribution in [0.1, 0.15) is 26.3 Å². The van der Waals surface area contributed by atoms with Gasteiger partial charge in [-0.2, -0.15) is 4.98 Å². The van der Waals surface area contributed by atoms with Gasteiger partial charge in [0.1, 0.15) is 17.4 Å². The topological polar surface area (TPSA) is 121 Å². The third kappa shape index (κ3) is 3.19. The highest BCUT2D eigenvalue weighted by Gasteiger charge is 2.38. The van der Waals surface area contributed by atoms with Crippen LogP contribution in [0.15, 0.2) is 30.9 Å². The molecule has 1 saturated heterocycles. The highest BCUT2D eigenvalue weighted by Crippen LogP contribution is 2.27. The molecule has 3 aromatic heterocycles. The summed E-state index contributed by atoms with van der Waals surface area (Å²) in [6.45, 7) is 4.29. The minimum atomic E-state index is -1.01. The molecule has 0 saturated carbocycles. The molecule has 0 aliphatic carbocycles. The van der Waals surface area contributed by atoms with Crippen molar-refractivity contribution in [1.82, 2.24) is 24.1 Å². The van der Waals surface area contributed by atoms with Crippen molar-refractivity contribution in [3.63, 3.8) is 0 Å². The van der Waals surface area contributed by atoms with E-state index in [1.165, 1.54) is 4.90 Å². The molecular weight excluding hydrogens is 350 g/mol. The van der Waals surface area contributed by atoms with Gasteiger partial charge < -0.3 is 25.0 Å². The summed E-state index contributed by atoms with van der Waals surface area (Å²) >= 11 is 0. The fraction of sp³-hybridized carbons (Fsp3) is 0.412. The van der Waals surface area contributed by atoms with Crippen LogP contribution < -0.4 is 10.2 Å². The van der Waals surface area contributed by atoms with Crippen LogP contribution in [-0.4, -0.2) is 59.0 Å². The fourth-order valence-corrected chi connectivity index (χ4v) is 3.21. The Balaban J connectivity index is 1.72. The molecule has 142 valence electrons. The highest BCUT2D eigenvalue weighted by atomic mass is 16.4. The molecule has 27 heavy (non-hydrogen) atoms. The molecule has 1 fully saturated rings. The van der Waals surface area contributed by atoms with Crippen LogP contribution in [0.25, 0.3) is 5.52 Å². The second-order valence-corrected chi connectivity index (χ2v) is 6.92. The minimum Gasteiger partial charge on any atom is -0.480 e. The zero-order chi connectivity index (χ0) is 19.1. The van der Waals surface area contributed by atoms with E-state index in [9.17, 15) is 15.0 Å². The Labute approximate surface area is 155 Å². The minimum absolute atomic E-state index is 0.143. The number of aliphatic hydroxyl groups excluding tert-OH is 1. The van der Waals surface area contributed by atoms with Gasteiger partial charge in [0.15, 0.2) is 5.82 Å². The average molecular weight is 371 g/mol. The lowest BCUT2D eigenvalue weighted by atomic mass is 10.2. The predicted octanol–water partition coefficient (Wildman–Crippen LogP) is 1.27. The van der Waals surface area contributed by atoms with Gasteiger partial charge in [-0.3, -0.25) is 0 Å². The lowest BCUT2D eigenvalue weighted by Crippen LogP contribution is -2.37. The van der Waals surface area contributed by atoms with E-state index in [0.29, 0.717) is 11.6 Å². The molecule has 0 unspecified atom stereocenters. The largest absolute Gasteiger partial charge is 0.480 e. The number of carboxylic acids is 1. The van der Waals surface area contributed by atoms with Crippen LogP contribution in [0, 0.1) is 0 Å². The Morgan fingerprint density at radius 1 is 1.41 bits per heavy atom. The van der Waals surface area contributed by atoms with Gasteiger partial charge in [0.05, 0.1) is 12.4 Å². The van der Waals surface area contributed by atoms with Crippen molar-refractivity contribution in [2.24, 2.45) is 0 Å². The normalized spacial score (nSPS) is 19.9. The van der Waals surface area contributed by atoms with Gasteiger partial charge in [-0.05, 0) is 26.0 Å². The molecule has 10 nitrogen and oxygen atoms in total. The van der Waals surface area contributed by atoms with Gasteiger partial charge >= 0.3 is 5.97 Å². The Morgan fingerprint density at radius 3 is 2.93 bits per heavy atom. The number of rotatable bonds is 5. The number of carboxylic acid groups (broad SMARTS) is 1. The maximum absolute atomic E-state index is 11.5. The van der Waals surface area contributed by atoms with Gasteiger partial charge in [-0.1, -0.05) is 0 Å². The zero-order valence-corrected chi connectivity index (χ0v) is 15.0. The van der Waals surface area contributed by atoms with Crippen molar-refractivity contribution < 1.29 is 15.0 Å². The summed E-state index contributed by atoms with van der Waals surface area (Å²) in [4.78, 5) is 21.9. The summed E-state index contributed by atoms with van der Waals surface area (Å²) in [5.41, 5.74) is 0.740. The maximum Gasteiger partial charge on any atom is 0.326 e. The number of imidazole rings is 1. The quantitative estimate of drug-likeness (QED) is 0.613. The summed E-state index contributed by atoms with van der Waals surface area (Å²) in [7, 11) is 0. The van der Waals surface area contributed by atoms with Gasteiger partial charge in [-0.25, -0.2) is 14.3 Å². The smallest absolute Gasteiger partial charge is 0.326 e. The Morgan fingerprint density at radius 2 is 2.22 bits per heavy atom. The van der Waals surface area contributed by atoms with Crippen molar-refractivity contribution in [2.45, 2.75) is 38.5 Å². The van der Waals surface area contributed by atoms with Crippen molar-refractivity contribution in [1.29, 1.82) is 0 Å². The van der Waals surface area contributed by atoms with Crippen LogP contribution in [0.4, 0.5) is 17.6 Å². The number of fused-ring (bicyclic) bond motifs is 1. The third-order valence-corrected chi connectivity index (χ3v) is 4.65. The van der Waals surface area contributed by atoms with Crippen molar-refractivity contribution in [3.8, 4) is 0 Å². The number of anilines is 3. The van der Waals surface area contributed by atoms with E-state index < -0.39 is 18.1 Å². The number of aliphatic hydroxyl groups is 1. The zero-order valence-electron chi connectivity index (χ0n) is 15.0. The van der Waals surface area contributed by atoms with Gasteiger partial charge in [0.2, 0.25) is 5.95 Å². The van der Waals surface area contributed by atoms with Crippen molar-refractivity contribution in [2.75, 3.05) is 16.8 Å². The lowest BCUT2D eigenvalue weighted by Gasteiger charge is -2.21. The van der Waals surface area contributed by atoms with Crippen LogP contribution in [0.5, 0.6) is 0 Å². The number of β-amino-alcohol motifs (C(OH)–C–C–N with tert-alkyl or cyclic N) is 1. The second-order valence-electron chi connectivity index (χ2n) is 6.92. The molecule has 0 bridgehead atoms. The molecule has 1 aliphatic rings. The molecule has 0 radical (unpaired) electrons. The number of aromatic nitrogens is 5. The first-order valence-electron chi connectivity index (χ1n) is 8.76. The molecule has 4 heterocycles. The molecule has 0 spiro atoms. The van der Waals surface area contributed by atoms with E-state index in [-0.39, 0.29) is 25.0 Å². The first-order chi connectivity index (χ1) is 12.9. The van der Waals surface area contributed by atoms with Gasteiger partial charge in [0.25, 0.3) is 0 Å². The number of aliphatic carboxylic acids is 1. The molecule has 0 amide bonds. The predicted molar refractivity (Wildman–Crippen MR) is 98.3 cm³/mol. The van der Waals surface area contributed by atoms with Gasteiger partial charge in [-0.15, -0.1) is 5.10 Å². The second kappa shape index (κ2) is 6.54. The van der Waals surface area contributed by atoms with Crippen molar-refractivity contribution in [3.05, 3.63) is 30.9 Å². The van der Waals surface area contributed by atoms with E-state index in [4.69, 9.17) is 0 Å². The van der Waals surface area contributed by atoms with E-state index >= 15 is 0 Å². The summed E-state index contributed by atoms with van der Waals surface area (Å²) in [6, 6.07) is 3.11. The number of nitrogens with zero attached hydrogens (tertiary/aromatic N) is 6. The monoisotopic (exact) mass is 371 g/mol. The van der Waals surface area contributed by atoms with E-state index in [1.807, 2.05) is 22.9 Å². The molecule has 1 aliphatic heterocycles. The highest BCUT2D eigenvalue weighted by molar-refractivity contribution is 5.79. The molecule has 3 aromatic rings. The lowest BCUT2D eigenvalue weighted by molar-refractivity contribution is -0.138. The summed E-state index contributed by atoms with van der Waals surface area (Å²) in [6.07, 6.45) is 4.80. The Kier molecular flexibility index (Phi) is 4.19. The summed E-state index contributed by atoms with van der Waals surface area (Å²) in [5.74, 6) is 0.388. The van der Waals surface area contributed by atoms with Crippen LogP contribution in [0.2, 0.25) is 0 Å². The van der Waals surface area contributed by atoms with E-state index in [1.54, 1.807) is 17.0 Å². The molecule has 0 aromatic carbocycles. The molecule has 3 N–H and O–H groups in total. The number of hydrogen-bond acceptors (Lipinski definition) is 7. The number of hydrogen-bond donors (Lipinski definition) is 3. The Hall–Kier alpha value is -3.14. The first-order valence-corrected chi connectivity index (χ1v) is 8.76.